The van der Waals surface area contributed by atoms with E-state index in [1.54, 1.807) is 11.8 Å². The van der Waals surface area contributed by atoms with E-state index in [4.69, 9.17) is 16.3 Å². The summed E-state index contributed by atoms with van der Waals surface area (Å²) >= 11 is 11.5. The van der Waals surface area contributed by atoms with E-state index in [0.717, 1.165) is 37.2 Å². The highest BCUT2D eigenvalue weighted by molar-refractivity contribution is 9.10. The maximum atomic E-state index is 6.40. The predicted octanol–water partition coefficient (Wildman–Crippen LogP) is 6.65. The first-order valence-corrected chi connectivity index (χ1v) is 9.63. The molecule has 0 saturated heterocycles. The van der Waals surface area contributed by atoms with Gasteiger partial charge in [-0.05, 0) is 29.8 Å². The fourth-order valence-electron chi connectivity index (χ4n) is 2.60. The minimum atomic E-state index is 0.547. The van der Waals surface area contributed by atoms with Gasteiger partial charge in [-0.2, -0.15) is 0 Å². The number of thioether (sulfide) groups is 1. The largest absolute Gasteiger partial charge is 0.455 e. The molecule has 4 aromatic rings. The molecule has 0 saturated carbocycles. The van der Waals surface area contributed by atoms with Gasteiger partial charge in [0, 0.05) is 15.9 Å². The summed E-state index contributed by atoms with van der Waals surface area (Å²) in [5.41, 5.74) is 1.73. The van der Waals surface area contributed by atoms with Crippen molar-refractivity contribution in [1.82, 2.24) is 9.97 Å². The highest BCUT2D eigenvalue weighted by Gasteiger charge is 2.12. The highest BCUT2D eigenvalue weighted by atomic mass is 79.9. The second-order valence-electron chi connectivity index (χ2n) is 5.24. The van der Waals surface area contributed by atoms with Gasteiger partial charge in [-0.15, -0.1) is 0 Å². The third-order valence-corrected chi connectivity index (χ3v) is 5.32. The van der Waals surface area contributed by atoms with Crippen molar-refractivity contribution in [1.29, 1.82) is 0 Å². The summed E-state index contributed by atoms with van der Waals surface area (Å²) < 4.78 is 7.15. The lowest BCUT2D eigenvalue weighted by molar-refractivity contribution is 0.489. The number of halogens is 2. The second-order valence-corrected chi connectivity index (χ2v) is 7.30. The summed E-state index contributed by atoms with van der Waals surface area (Å²) in [7, 11) is 0. The molecule has 3 aromatic carbocycles. The Balaban J connectivity index is 1.82. The van der Waals surface area contributed by atoms with E-state index in [0.29, 0.717) is 10.8 Å². The monoisotopic (exact) mass is 418 g/mol. The minimum Gasteiger partial charge on any atom is -0.455 e. The Morgan fingerprint density at radius 2 is 1.88 bits per heavy atom. The lowest BCUT2D eigenvalue weighted by Gasteiger charge is -2.11. The fraction of sp³-hybridized carbons (Fsp3) is 0.0556. The van der Waals surface area contributed by atoms with Crippen LogP contribution in [0, 0.1) is 0 Å². The van der Waals surface area contributed by atoms with E-state index >= 15 is 0 Å². The molecule has 0 aliphatic rings. The Labute approximate surface area is 156 Å². The molecule has 0 atom stereocenters. The number of benzene rings is 3. The standard InChI is InChI=1S/C18H12BrClN2OS/c1-24-18-21-14-8-13(20)17(9-15(14)22-18)23-16-7-6-12(19)10-4-2-3-5-11(10)16/h2-9H,1H3,(H,21,22). The van der Waals surface area contributed by atoms with Crippen LogP contribution in [0.15, 0.2) is 58.2 Å². The van der Waals surface area contributed by atoms with Crippen LogP contribution >= 0.6 is 39.3 Å². The number of ether oxygens (including phenoxy) is 1. The third kappa shape index (κ3) is 2.77. The maximum absolute atomic E-state index is 6.40. The Hall–Kier alpha value is -1.69. The summed E-state index contributed by atoms with van der Waals surface area (Å²) in [4.78, 5) is 7.73. The number of nitrogens with zero attached hydrogens (tertiary/aromatic N) is 1. The van der Waals surface area contributed by atoms with Gasteiger partial charge in [0.05, 0.1) is 16.1 Å². The van der Waals surface area contributed by atoms with Crippen molar-refractivity contribution in [2.24, 2.45) is 0 Å². The molecular formula is C18H12BrClN2OS. The quantitative estimate of drug-likeness (QED) is 0.378. The number of hydrogen-bond donors (Lipinski definition) is 1. The lowest BCUT2D eigenvalue weighted by atomic mass is 10.1. The number of hydrogen-bond acceptors (Lipinski definition) is 3. The molecular weight excluding hydrogens is 408 g/mol. The first kappa shape index (κ1) is 15.8. The molecule has 120 valence electrons. The molecule has 1 N–H and O–H groups in total. The summed E-state index contributed by atoms with van der Waals surface area (Å²) in [6, 6.07) is 15.7. The van der Waals surface area contributed by atoms with Crippen LogP contribution in [-0.4, -0.2) is 16.2 Å². The van der Waals surface area contributed by atoms with Gasteiger partial charge < -0.3 is 9.72 Å². The molecule has 0 bridgehead atoms. The Morgan fingerprint density at radius 1 is 1.08 bits per heavy atom. The minimum absolute atomic E-state index is 0.547. The van der Waals surface area contributed by atoms with Crippen molar-refractivity contribution in [2.45, 2.75) is 5.16 Å². The first-order valence-electron chi connectivity index (χ1n) is 7.24. The zero-order chi connectivity index (χ0) is 16.7. The summed E-state index contributed by atoms with van der Waals surface area (Å²) in [6.07, 6.45) is 1.98. The van der Waals surface area contributed by atoms with Gasteiger partial charge in [0.25, 0.3) is 0 Å². The van der Waals surface area contributed by atoms with Gasteiger partial charge in [-0.3, -0.25) is 0 Å². The molecule has 1 aromatic heterocycles. The van der Waals surface area contributed by atoms with Crippen LogP contribution in [0.3, 0.4) is 0 Å². The molecule has 1 heterocycles. The van der Waals surface area contributed by atoms with E-state index < -0.39 is 0 Å². The van der Waals surface area contributed by atoms with Crippen LogP contribution < -0.4 is 4.74 Å². The molecule has 0 amide bonds. The van der Waals surface area contributed by atoms with Gasteiger partial charge >= 0.3 is 0 Å². The first-order chi connectivity index (χ1) is 11.7. The van der Waals surface area contributed by atoms with Crippen LogP contribution in [0.4, 0.5) is 0 Å². The van der Waals surface area contributed by atoms with Crippen molar-refractivity contribution in [3.8, 4) is 11.5 Å². The SMILES string of the molecule is CSc1nc2cc(Oc3ccc(Br)c4ccccc34)c(Cl)cc2[nH]1. The molecule has 4 rings (SSSR count). The van der Waals surface area contributed by atoms with E-state index in [1.807, 2.05) is 48.7 Å². The van der Waals surface area contributed by atoms with Crippen molar-refractivity contribution >= 4 is 61.1 Å². The van der Waals surface area contributed by atoms with Crippen molar-refractivity contribution in [2.75, 3.05) is 6.26 Å². The second kappa shape index (κ2) is 6.31. The van der Waals surface area contributed by atoms with E-state index in [9.17, 15) is 0 Å². The molecule has 0 fully saturated rings. The lowest BCUT2D eigenvalue weighted by Crippen LogP contribution is -1.88. The van der Waals surface area contributed by atoms with Crippen LogP contribution in [0.5, 0.6) is 11.5 Å². The molecule has 0 aliphatic carbocycles. The van der Waals surface area contributed by atoms with Crippen LogP contribution in [0.1, 0.15) is 0 Å². The number of imidazole rings is 1. The zero-order valence-corrected chi connectivity index (χ0v) is 15.8. The predicted molar refractivity (Wildman–Crippen MR) is 105 cm³/mol. The average molecular weight is 420 g/mol. The average Bonchev–Trinajstić information content (AvgIpc) is 2.99. The molecule has 0 unspecified atom stereocenters. The molecule has 0 spiro atoms. The van der Waals surface area contributed by atoms with E-state index in [-0.39, 0.29) is 0 Å². The van der Waals surface area contributed by atoms with E-state index in [1.165, 1.54) is 0 Å². The number of nitrogens with one attached hydrogen (secondary N) is 1. The third-order valence-electron chi connectivity index (χ3n) is 3.76. The summed E-state index contributed by atoms with van der Waals surface area (Å²) in [6.45, 7) is 0. The maximum Gasteiger partial charge on any atom is 0.166 e. The highest BCUT2D eigenvalue weighted by Crippen LogP contribution is 2.38. The van der Waals surface area contributed by atoms with Crippen LogP contribution in [0.2, 0.25) is 5.02 Å². The number of rotatable bonds is 3. The fourth-order valence-corrected chi connectivity index (χ4v) is 3.69. The normalized spacial score (nSPS) is 11.3. The molecule has 0 radical (unpaired) electrons. The smallest absolute Gasteiger partial charge is 0.166 e. The number of H-pyrrole nitrogens is 1. The topological polar surface area (TPSA) is 37.9 Å². The molecule has 6 heteroatoms. The summed E-state index contributed by atoms with van der Waals surface area (Å²) in [5, 5.41) is 3.52. The Bertz CT molecular complexity index is 1060. The van der Waals surface area contributed by atoms with Crippen LogP contribution in [0.25, 0.3) is 21.8 Å². The van der Waals surface area contributed by atoms with Gasteiger partial charge in [0.2, 0.25) is 0 Å². The van der Waals surface area contributed by atoms with E-state index in [2.05, 4.69) is 32.0 Å². The van der Waals surface area contributed by atoms with Crippen LogP contribution in [-0.2, 0) is 0 Å². The molecule has 24 heavy (non-hydrogen) atoms. The number of aromatic nitrogens is 2. The molecule has 3 nitrogen and oxygen atoms in total. The number of fused-ring (bicyclic) bond motifs is 2. The number of aromatic amines is 1. The molecule has 0 aliphatic heterocycles. The zero-order valence-electron chi connectivity index (χ0n) is 12.6. The Morgan fingerprint density at radius 3 is 2.67 bits per heavy atom. The summed E-state index contributed by atoms with van der Waals surface area (Å²) in [5.74, 6) is 1.35. The van der Waals surface area contributed by atoms with Gasteiger partial charge in [0.1, 0.15) is 11.5 Å². The van der Waals surface area contributed by atoms with Crippen molar-refractivity contribution in [3.63, 3.8) is 0 Å². The Kier molecular flexibility index (Phi) is 4.16. The van der Waals surface area contributed by atoms with Gasteiger partial charge in [0.15, 0.2) is 5.16 Å². The van der Waals surface area contributed by atoms with Gasteiger partial charge in [-0.1, -0.05) is 63.6 Å². The van der Waals surface area contributed by atoms with Crippen molar-refractivity contribution in [3.05, 3.63) is 58.0 Å². The van der Waals surface area contributed by atoms with Crippen molar-refractivity contribution < 1.29 is 4.74 Å². The van der Waals surface area contributed by atoms with Gasteiger partial charge in [-0.25, -0.2) is 4.98 Å².